The normalized spacial score (nSPS) is 12.7. The van der Waals surface area contributed by atoms with Crippen molar-refractivity contribution in [3.8, 4) is 0 Å². The van der Waals surface area contributed by atoms with E-state index >= 15 is 0 Å². The fraction of sp³-hybridized carbons (Fsp3) is 0.250. The van der Waals surface area contributed by atoms with Gasteiger partial charge in [0.25, 0.3) is 0 Å². The van der Waals surface area contributed by atoms with E-state index in [1.54, 1.807) is 6.07 Å². The zero-order valence-corrected chi connectivity index (χ0v) is 14.0. The molecule has 0 fully saturated rings. The Morgan fingerprint density at radius 3 is 2.67 bits per heavy atom. The van der Waals surface area contributed by atoms with Crippen molar-refractivity contribution in [2.75, 3.05) is 13.6 Å². The zero-order chi connectivity index (χ0) is 15.4. The third-order valence-electron chi connectivity index (χ3n) is 3.40. The Morgan fingerprint density at radius 1 is 1.29 bits per heavy atom. The summed E-state index contributed by atoms with van der Waals surface area (Å²) in [6, 6.07) is 12.8. The first-order valence-electron chi connectivity index (χ1n) is 6.61. The number of benzene rings is 2. The minimum absolute atomic E-state index is 0.0495. The Hall–Kier alpha value is -0.940. The quantitative estimate of drug-likeness (QED) is 0.845. The summed E-state index contributed by atoms with van der Waals surface area (Å²) < 4.78 is 14.2. The zero-order valence-electron chi connectivity index (χ0n) is 11.7. The maximum atomic E-state index is 13.7. The summed E-state index contributed by atoms with van der Waals surface area (Å²) in [7, 11) is 1.97. The summed E-state index contributed by atoms with van der Waals surface area (Å²) in [4.78, 5) is 2.09. The molecule has 0 spiro atoms. The molecule has 2 aromatic carbocycles. The summed E-state index contributed by atoms with van der Waals surface area (Å²) in [5, 5.41) is 0.708. The molecule has 0 heterocycles. The third-order valence-corrected chi connectivity index (χ3v) is 4.28. The molecule has 0 saturated carbocycles. The maximum absolute atomic E-state index is 13.7. The van der Waals surface area contributed by atoms with E-state index in [0.29, 0.717) is 22.6 Å². The van der Waals surface area contributed by atoms with E-state index in [4.69, 9.17) is 17.3 Å². The molecule has 0 aromatic heterocycles. The molecule has 0 radical (unpaired) electrons. The lowest BCUT2D eigenvalue weighted by atomic mass is 10.0. The first kappa shape index (κ1) is 16.4. The summed E-state index contributed by atoms with van der Waals surface area (Å²) in [6.07, 6.45) is 0. The molecule has 0 bridgehead atoms. The van der Waals surface area contributed by atoms with Crippen LogP contribution < -0.4 is 5.73 Å². The predicted octanol–water partition coefficient (Wildman–Crippen LogP) is 4.37. The minimum Gasteiger partial charge on any atom is -0.329 e. The van der Waals surface area contributed by atoms with Gasteiger partial charge in [0, 0.05) is 24.2 Å². The molecule has 2 N–H and O–H groups in total. The highest BCUT2D eigenvalue weighted by atomic mass is 79.9. The van der Waals surface area contributed by atoms with Gasteiger partial charge in [-0.3, -0.25) is 4.90 Å². The fourth-order valence-electron chi connectivity index (χ4n) is 2.32. The van der Waals surface area contributed by atoms with Crippen LogP contribution in [0.3, 0.4) is 0 Å². The van der Waals surface area contributed by atoms with Crippen LogP contribution in [0.25, 0.3) is 0 Å². The highest BCUT2D eigenvalue weighted by Crippen LogP contribution is 2.25. The second kappa shape index (κ2) is 7.36. The van der Waals surface area contributed by atoms with Crippen LogP contribution in [0.1, 0.15) is 17.2 Å². The average molecular weight is 372 g/mol. The first-order chi connectivity index (χ1) is 10.0. The Bertz CT molecular complexity index is 621. The van der Waals surface area contributed by atoms with Gasteiger partial charge >= 0.3 is 0 Å². The second-order valence-electron chi connectivity index (χ2n) is 4.97. The van der Waals surface area contributed by atoms with Crippen LogP contribution in [-0.4, -0.2) is 18.5 Å². The smallest absolute Gasteiger partial charge is 0.137 e. The van der Waals surface area contributed by atoms with Crippen molar-refractivity contribution >= 4 is 27.5 Å². The fourth-order valence-corrected chi connectivity index (χ4v) is 2.78. The van der Waals surface area contributed by atoms with Crippen molar-refractivity contribution < 1.29 is 4.39 Å². The van der Waals surface area contributed by atoms with Gasteiger partial charge in [-0.2, -0.15) is 0 Å². The lowest BCUT2D eigenvalue weighted by molar-refractivity contribution is 0.241. The van der Waals surface area contributed by atoms with Crippen LogP contribution >= 0.6 is 27.5 Å². The highest BCUT2D eigenvalue weighted by molar-refractivity contribution is 9.10. The van der Waals surface area contributed by atoms with Crippen LogP contribution in [0.15, 0.2) is 46.9 Å². The van der Waals surface area contributed by atoms with Crippen LogP contribution in [-0.2, 0) is 6.54 Å². The van der Waals surface area contributed by atoms with Gasteiger partial charge in [0.05, 0.1) is 4.47 Å². The van der Waals surface area contributed by atoms with Gasteiger partial charge in [-0.05, 0) is 58.4 Å². The Labute approximate surface area is 137 Å². The molecule has 21 heavy (non-hydrogen) atoms. The standard InChI is InChI=1S/C16H17BrClFN2/c1-21(10-11-3-2-4-13(18)7-11)16(9-20)12-5-6-14(17)15(19)8-12/h2-8,16H,9-10,20H2,1H3. The van der Waals surface area contributed by atoms with Crippen molar-refractivity contribution in [3.05, 3.63) is 68.9 Å². The number of likely N-dealkylation sites (N-methyl/N-ethyl adjacent to an activating group) is 1. The van der Waals surface area contributed by atoms with Crippen LogP contribution in [0.2, 0.25) is 5.02 Å². The van der Waals surface area contributed by atoms with Gasteiger partial charge in [-0.1, -0.05) is 29.8 Å². The number of rotatable bonds is 5. The summed E-state index contributed by atoms with van der Waals surface area (Å²) >= 11 is 9.16. The maximum Gasteiger partial charge on any atom is 0.137 e. The summed E-state index contributed by atoms with van der Waals surface area (Å²) in [5.41, 5.74) is 7.84. The van der Waals surface area contributed by atoms with Gasteiger partial charge in [0.2, 0.25) is 0 Å². The van der Waals surface area contributed by atoms with Gasteiger partial charge in [0.1, 0.15) is 5.82 Å². The van der Waals surface area contributed by atoms with Crippen molar-refractivity contribution in [1.82, 2.24) is 4.90 Å². The van der Waals surface area contributed by atoms with Gasteiger partial charge in [-0.15, -0.1) is 0 Å². The van der Waals surface area contributed by atoms with E-state index < -0.39 is 0 Å². The Morgan fingerprint density at radius 2 is 2.05 bits per heavy atom. The summed E-state index contributed by atoms with van der Waals surface area (Å²) in [6.45, 7) is 1.11. The largest absolute Gasteiger partial charge is 0.329 e. The Balaban J connectivity index is 2.18. The van der Waals surface area contributed by atoms with Crippen molar-refractivity contribution in [2.45, 2.75) is 12.6 Å². The second-order valence-corrected chi connectivity index (χ2v) is 6.26. The molecule has 0 aliphatic heterocycles. The van der Waals surface area contributed by atoms with Crippen molar-refractivity contribution in [3.63, 3.8) is 0 Å². The topological polar surface area (TPSA) is 29.3 Å². The molecule has 5 heteroatoms. The third kappa shape index (κ3) is 4.27. The lowest BCUT2D eigenvalue weighted by Gasteiger charge is -2.27. The molecule has 2 aromatic rings. The van der Waals surface area contributed by atoms with Crippen LogP contribution in [0.5, 0.6) is 0 Å². The van der Waals surface area contributed by atoms with Crippen LogP contribution in [0.4, 0.5) is 4.39 Å². The monoisotopic (exact) mass is 370 g/mol. The first-order valence-corrected chi connectivity index (χ1v) is 7.78. The van der Waals surface area contributed by atoms with E-state index in [0.717, 1.165) is 11.1 Å². The predicted molar refractivity (Wildman–Crippen MR) is 88.8 cm³/mol. The van der Waals surface area contributed by atoms with E-state index in [-0.39, 0.29) is 11.9 Å². The summed E-state index contributed by atoms with van der Waals surface area (Å²) in [5.74, 6) is -0.276. The van der Waals surface area contributed by atoms with Crippen molar-refractivity contribution in [2.24, 2.45) is 5.73 Å². The number of nitrogens with two attached hydrogens (primary N) is 1. The SMILES string of the molecule is CN(Cc1cccc(Cl)c1)C(CN)c1ccc(Br)c(F)c1. The number of hydrogen-bond donors (Lipinski definition) is 1. The van der Waals surface area contributed by atoms with Gasteiger partial charge in [-0.25, -0.2) is 4.39 Å². The highest BCUT2D eigenvalue weighted by Gasteiger charge is 2.17. The molecule has 0 aliphatic rings. The minimum atomic E-state index is -0.276. The lowest BCUT2D eigenvalue weighted by Crippen LogP contribution is -2.30. The van der Waals surface area contributed by atoms with E-state index in [2.05, 4.69) is 20.8 Å². The van der Waals surface area contributed by atoms with Crippen molar-refractivity contribution in [1.29, 1.82) is 0 Å². The van der Waals surface area contributed by atoms with E-state index in [1.807, 2.05) is 37.4 Å². The molecule has 0 amide bonds. The van der Waals surface area contributed by atoms with E-state index in [1.165, 1.54) is 6.07 Å². The molecule has 2 nitrogen and oxygen atoms in total. The molecule has 2 rings (SSSR count). The number of halogens is 3. The molecular weight excluding hydrogens is 355 g/mol. The molecule has 1 atom stereocenters. The molecule has 112 valence electrons. The number of nitrogens with zero attached hydrogens (tertiary/aromatic N) is 1. The van der Waals surface area contributed by atoms with Gasteiger partial charge in [0.15, 0.2) is 0 Å². The Kier molecular flexibility index (Phi) is 5.76. The molecule has 1 unspecified atom stereocenters. The van der Waals surface area contributed by atoms with Crippen LogP contribution in [0, 0.1) is 5.82 Å². The van der Waals surface area contributed by atoms with Gasteiger partial charge < -0.3 is 5.73 Å². The number of hydrogen-bond acceptors (Lipinski definition) is 2. The molecule has 0 aliphatic carbocycles. The average Bonchev–Trinajstić information content (AvgIpc) is 2.43. The molecule has 0 saturated heterocycles. The van der Waals surface area contributed by atoms with E-state index in [9.17, 15) is 4.39 Å². The molecular formula is C16H17BrClFN2.